The quantitative estimate of drug-likeness (QED) is 0.837. The molecule has 0 unspecified atom stereocenters. The van der Waals surface area contributed by atoms with Crippen LogP contribution in [-0.2, 0) is 6.54 Å². The van der Waals surface area contributed by atoms with Crippen molar-refractivity contribution < 1.29 is 4.42 Å². The van der Waals surface area contributed by atoms with Crippen LogP contribution in [0.3, 0.4) is 0 Å². The fraction of sp³-hybridized carbons (Fsp3) is 0.273. The van der Waals surface area contributed by atoms with Crippen molar-refractivity contribution >= 4 is 11.3 Å². The molecule has 0 aliphatic carbocycles. The molecule has 2 heterocycles. The molecule has 2 aromatic rings. The third-order valence-corrected chi connectivity index (χ3v) is 3.12. The molecule has 0 spiro atoms. The summed E-state index contributed by atoms with van der Waals surface area (Å²) in [5.74, 6) is 1.01. The maximum absolute atomic E-state index is 5.41. The van der Waals surface area contributed by atoms with Crippen LogP contribution in [0.4, 0.5) is 0 Å². The van der Waals surface area contributed by atoms with Gasteiger partial charge in [0.25, 0.3) is 0 Å². The van der Waals surface area contributed by atoms with E-state index in [9.17, 15) is 0 Å². The van der Waals surface area contributed by atoms with Crippen molar-refractivity contribution in [3.05, 3.63) is 35.1 Å². The third-order valence-electron chi connectivity index (χ3n) is 2.09. The fourth-order valence-electron chi connectivity index (χ4n) is 1.44. The van der Waals surface area contributed by atoms with Crippen LogP contribution < -0.4 is 5.32 Å². The number of nitrogens with one attached hydrogen (secondary N) is 1. The zero-order chi connectivity index (χ0) is 9.97. The van der Waals surface area contributed by atoms with Gasteiger partial charge in [0.2, 0.25) is 0 Å². The molecule has 0 aliphatic rings. The second-order valence-corrected chi connectivity index (χ2v) is 4.49. The van der Waals surface area contributed by atoms with Crippen molar-refractivity contribution in [2.45, 2.75) is 13.5 Å². The van der Waals surface area contributed by atoms with Crippen molar-refractivity contribution in [3.8, 4) is 10.4 Å². The van der Waals surface area contributed by atoms with Crippen LogP contribution in [0.15, 0.2) is 28.9 Å². The first kappa shape index (κ1) is 9.49. The summed E-state index contributed by atoms with van der Waals surface area (Å²) < 4.78 is 5.41. The van der Waals surface area contributed by atoms with E-state index in [-0.39, 0.29) is 0 Å². The molecule has 0 saturated heterocycles. The molecular weight excluding hydrogens is 194 g/mol. The molecule has 0 fully saturated rings. The van der Waals surface area contributed by atoms with E-state index >= 15 is 0 Å². The third kappa shape index (κ3) is 1.74. The molecule has 3 heteroatoms. The molecule has 2 aromatic heterocycles. The van der Waals surface area contributed by atoms with Crippen LogP contribution in [0.1, 0.15) is 10.6 Å². The highest BCUT2D eigenvalue weighted by Gasteiger charge is 2.08. The Bertz CT molecular complexity index is 416. The number of hydrogen-bond acceptors (Lipinski definition) is 3. The minimum Gasteiger partial charge on any atom is -0.467 e. The summed E-state index contributed by atoms with van der Waals surface area (Å²) in [4.78, 5) is 2.61. The van der Waals surface area contributed by atoms with Gasteiger partial charge >= 0.3 is 0 Å². The maximum Gasteiger partial charge on any atom is 0.126 e. The lowest BCUT2D eigenvalue weighted by Crippen LogP contribution is -2.04. The molecule has 0 atom stereocenters. The minimum atomic E-state index is 0.777. The zero-order valence-corrected chi connectivity index (χ0v) is 9.15. The Morgan fingerprint density at radius 3 is 2.86 bits per heavy atom. The molecule has 2 nitrogen and oxygen atoms in total. The number of furan rings is 1. The zero-order valence-electron chi connectivity index (χ0n) is 8.33. The smallest absolute Gasteiger partial charge is 0.126 e. The van der Waals surface area contributed by atoms with Crippen molar-refractivity contribution in [3.63, 3.8) is 0 Å². The molecule has 0 aromatic carbocycles. The first-order valence-electron chi connectivity index (χ1n) is 4.59. The molecule has 0 amide bonds. The molecule has 1 N–H and O–H groups in total. The van der Waals surface area contributed by atoms with Crippen molar-refractivity contribution in [2.75, 3.05) is 7.05 Å². The number of thiophene rings is 1. The van der Waals surface area contributed by atoms with E-state index < -0.39 is 0 Å². The van der Waals surface area contributed by atoms with E-state index in [1.54, 1.807) is 17.6 Å². The van der Waals surface area contributed by atoms with Gasteiger partial charge in [-0.25, -0.2) is 0 Å². The number of hydrogen-bond donors (Lipinski definition) is 1. The Labute approximate surface area is 87.6 Å². The predicted molar refractivity (Wildman–Crippen MR) is 59.5 cm³/mol. The first-order chi connectivity index (χ1) is 6.81. The lowest BCUT2D eigenvalue weighted by atomic mass is 10.2. The van der Waals surface area contributed by atoms with Gasteiger partial charge in [0, 0.05) is 15.3 Å². The van der Waals surface area contributed by atoms with Crippen LogP contribution in [0.25, 0.3) is 10.4 Å². The van der Waals surface area contributed by atoms with E-state index in [1.165, 1.54) is 15.3 Å². The van der Waals surface area contributed by atoms with Crippen LogP contribution in [0, 0.1) is 6.92 Å². The molecule has 2 rings (SSSR count). The summed E-state index contributed by atoms with van der Waals surface area (Å²) in [6.07, 6.45) is 1.75. The number of rotatable bonds is 3. The molecule has 0 saturated carbocycles. The summed E-state index contributed by atoms with van der Waals surface area (Å²) in [5.41, 5.74) is 1.21. The Hall–Kier alpha value is -1.06. The highest BCUT2D eigenvalue weighted by Crippen LogP contribution is 2.30. The second-order valence-electron chi connectivity index (χ2n) is 3.20. The fourth-order valence-corrected chi connectivity index (χ4v) is 2.35. The summed E-state index contributed by atoms with van der Waals surface area (Å²) in [6.45, 7) is 2.89. The Kier molecular flexibility index (Phi) is 2.70. The average molecular weight is 207 g/mol. The largest absolute Gasteiger partial charge is 0.467 e. The standard InChI is InChI=1S/C11H13NOS/c1-8-3-4-11(14-8)9-5-6-13-10(9)7-12-2/h3-6,12H,7H2,1-2H3. The molecule has 0 bridgehead atoms. The van der Waals surface area contributed by atoms with Crippen LogP contribution in [0.5, 0.6) is 0 Å². The van der Waals surface area contributed by atoms with Gasteiger partial charge in [-0.3, -0.25) is 0 Å². The topological polar surface area (TPSA) is 25.2 Å². The second kappa shape index (κ2) is 3.98. The van der Waals surface area contributed by atoms with Gasteiger partial charge in [0.15, 0.2) is 0 Å². The van der Waals surface area contributed by atoms with Crippen LogP contribution >= 0.6 is 11.3 Å². The molecule has 0 radical (unpaired) electrons. The normalized spacial score (nSPS) is 10.7. The van der Waals surface area contributed by atoms with E-state index in [2.05, 4.69) is 24.4 Å². The highest BCUT2D eigenvalue weighted by atomic mass is 32.1. The van der Waals surface area contributed by atoms with Gasteiger partial charge in [-0.2, -0.15) is 0 Å². The Balaban J connectivity index is 2.36. The monoisotopic (exact) mass is 207 g/mol. The van der Waals surface area contributed by atoms with E-state index in [0.717, 1.165) is 12.3 Å². The van der Waals surface area contributed by atoms with Gasteiger partial charge in [0.1, 0.15) is 5.76 Å². The molecule has 74 valence electrons. The van der Waals surface area contributed by atoms with E-state index in [1.807, 2.05) is 13.1 Å². The SMILES string of the molecule is CNCc1occc1-c1ccc(C)s1. The van der Waals surface area contributed by atoms with Crippen LogP contribution in [-0.4, -0.2) is 7.05 Å². The van der Waals surface area contributed by atoms with Crippen molar-refractivity contribution in [2.24, 2.45) is 0 Å². The van der Waals surface area contributed by atoms with Gasteiger partial charge < -0.3 is 9.73 Å². The highest BCUT2D eigenvalue weighted by molar-refractivity contribution is 7.15. The summed E-state index contributed by atoms with van der Waals surface area (Å²) in [5, 5.41) is 3.10. The van der Waals surface area contributed by atoms with Gasteiger partial charge in [-0.1, -0.05) is 0 Å². The van der Waals surface area contributed by atoms with Crippen molar-refractivity contribution in [1.29, 1.82) is 0 Å². The maximum atomic E-state index is 5.41. The Morgan fingerprint density at radius 1 is 1.36 bits per heavy atom. The number of aryl methyl sites for hydroxylation is 1. The summed E-state index contributed by atoms with van der Waals surface area (Å²) >= 11 is 1.80. The van der Waals surface area contributed by atoms with Gasteiger partial charge in [-0.05, 0) is 32.2 Å². The molecule has 14 heavy (non-hydrogen) atoms. The summed E-state index contributed by atoms with van der Waals surface area (Å²) in [6, 6.07) is 6.30. The van der Waals surface area contributed by atoms with E-state index in [4.69, 9.17) is 4.42 Å². The summed E-state index contributed by atoms with van der Waals surface area (Å²) in [7, 11) is 1.92. The van der Waals surface area contributed by atoms with Crippen LogP contribution in [0.2, 0.25) is 0 Å². The predicted octanol–water partition coefficient (Wildman–Crippen LogP) is 3.04. The minimum absolute atomic E-state index is 0.777. The average Bonchev–Trinajstić information content (AvgIpc) is 2.74. The Morgan fingerprint density at radius 2 is 2.21 bits per heavy atom. The lowest BCUT2D eigenvalue weighted by molar-refractivity contribution is 0.497. The first-order valence-corrected chi connectivity index (χ1v) is 5.40. The lowest BCUT2D eigenvalue weighted by Gasteiger charge is -1.98. The van der Waals surface area contributed by atoms with Crippen molar-refractivity contribution in [1.82, 2.24) is 5.32 Å². The van der Waals surface area contributed by atoms with Gasteiger partial charge in [-0.15, -0.1) is 11.3 Å². The molecule has 0 aliphatic heterocycles. The van der Waals surface area contributed by atoms with Gasteiger partial charge in [0.05, 0.1) is 12.8 Å². The van der Waals surface area contributed by atoms with E-state index in [0.29, 0.717) is 0 Å². The molecular formula is C11H13NOS.